The Balaban J connectivity index is 2.11. The van der Waals surface area contributed by atoms with E-state index in [-0.39, 0.29) is 17.9 Å². The van der Waals surface area contributed by atoms with E-state index in [1.165, 1.54) is 0 Å². The van der Waals surface area contributed by atoms with E-state index in [2.05, 4.69) is 10.4 Å². The molecule has 1 heterocycles. The van der Waals surface area contributed by atoms with E-state index >= 15 is 0 Å². The van der Waals surface area contributed by atoms with Crippen molar-refractivity contribution in [3.05, 3.63) is 23.4 Å². The van der Waals surface area contributed by atoms with Gasteiger partial charge < -0.3 is 15.4 Å². The first-order chi connectivity index (χ1) is 9.90. The van der Waals surface area contributed by atoms with Crippen molar-refractivity contribution in [2.75, 3.05) is 19.0 Å². The zero-order chi connectivity index (χ0) is 15.6. The summed E-state index contributed by atoms with van der Waals surface area (Å²) >= 11 is 0. The largest absolute Gasteiger partial charge is 0.393 e. The van der Waals surface area contributed by atoms with Crippen LogP contribution in [0.5, 0.6) is 0 Å². The average Bonchev–Trinajstić information content (AvgIpc) is 2.44. The van der Waals surface area contributed by atoms with Gasteiger partial charge in [-0.05, 0) is 36.8 Å². The Morgan fingerprint density at radius 3 is 2.71 bits per heavy atom. The first kappa shape index (κ1) is 15.7. The Morgan fingerprint density at radius 2 is 2.19 bits per heavy atom. The van der Waals surface area contributed by atoms with Gasteiger partial charge >= 0.3 is 0 Å². The number of nitrogens with zero attached hydrogens (tertiary/aromatic N) is 2. The van der Waals surface area contributed by atoms with Gasteiger partial charge in [0.05, 0.1) is 6.10 Å². The number of aliphatic hydroxyl groups excluding tert-OH is 1. The Bertz CT molecular complexity index is 512. The molecule has 0 spiro atoms. The van der Waals surface area contributed by atoms with E-state index in [9.17, 15) is 9.90 Å². The summed E-state index contributed by atoms with van der Waals surface area (Å²) in [4.78, 5) is 18.6. The fourth-order valence-corrected chi connectivity index (χ4v) is 2.59. The van der Waals surface area contributed by atoms with Crippen molar-refractivity contribution in [3.63, 3.8) is 0 Å². The molecule has 0 unspecified atom stereocenters. The van der Waals surface area contributed by atoms with Crippen LogP contribution in [0.1, 0.15) is 48.7 Å². The molecule has 1 saturated carbocycles. The van der Waals surface area contributed by atoms with Crippen LogP contribution in [-0.4, -0.2) is 40.6 Å². The molecule has 0 atom stereocenters. The molecule has 21 heavy (non-hydrogen) atoms. The second-order valence-corrected chi connectivity index (χ2v) is 6.14. The maximum Gasteiger partial charge on any atom is 0.253 e. The summed E-state index contributed by atoms with van der Waals surface area (Å²) in [6.45, 7) is 4.72. The average molecular weight is 292 g/mol. The fraction of sp³-hybridized carbons (Fsp3) is 0.600. The molecule has 116 valence electrons. The molecule has 6 nitrogen and oxygen atoms in total. The Labute approximate surface area is 125 Å². The molecule has 0 radical (unpaired) electrons. The van der Waals surface area contributed by atoms with Crippen molar-refractivity contribution in [1.82, 2.24) is 9.88 Å². The Hall–Kier alpha value is -1.66. The summed E-state index contributed by atoms with van der Waals surface area (Å²) in [5.41, 5.74) is 3.93. The lowest BCUT2D eigenvalue weighted by molar-refractivity contribution is 0.0265. The van der Waals surface area contributed by atoms with Gasteiger partial charge in [-0.15, -0.1) is 0 Å². The highest BCUT2D eigenvalue weighted by molar-refractivity contribution is 5.94. The summed E-state index contributed by atoms with van der Waals surface area (Å²) in [5.74, 6) is 6.49. The van der Waals surface area contributed by atoms with E-state index in [0.717, 1.165) is 18.5 Å². The van der Waals surface area contributed by atoms with Gasteiger partial charge in [-0.3, -0.25) is 4.79 Å². The van der Waals surface area contributed by atoms with Gasteiger partial charge in [0.2, 0.25) is 0 Å². The minimum atomic E-state index is -0.194. The number of nitrogens with one attached hydrogen (secondary N) is 1. The monoisotopic (exact) mass is 292 g/mol. The lowest BCUT2D eigenvalue weighted by atomic mass is 9.82. The number of amides is 1. The number of carbonyl (C=O) groups excluding carboxylic acids is 1. The molecule has 1 aromatic rings. The van der Waals surface area contributed by atoms with Crippen molar-refractivity contribution >= 4 is 11.7 Å². The van der Waals surface area contributed by atoms with E-state index in [1.807, 2.05) is 19.9 Å². The number of anilines is 1. The van der Waals surface area contributed by atoms with E-state index in [1.54, 1.807) is 18.0 Å². The molecule has 2 rings (SSSR count). The standard InChI is InChI=1S/C15H24N4O2/c1-9(2)13-6-11(7-14(17-13)18-16)15(21)19(3)8-10-4-12(20)5-10/h6-7,9-10,12,20H,4-5,8,16H2,1-3H3,(H,17,18). The zero-order valence-electron chi connectivity index (χ0n) is 12.8. The number of aliphatic hydroxyl groups is 1. The van der Waals surface area contributed by atoms with Crippen LogP contribution >= 0.6 is 0 Å². The van der Waals surface area contributed by atoms with Gasteiger partial charge in [-0.25, -0.2) is 10.8 Å². The summed E-state index contributed by atoms with van der Waals surface area (Å²) in [5, 5.41) is 9.32. The lowest BCUT2D eigenvalue weighted by Crippen LogP contribution is -2.39. The summed E-state index contributed by atoms with van der Waals surface area (Å²) in [7, 11) is 1.79. The Morgan fingerprint density at radius 1 is 1.52 bits per heavy atom. The van der Waals surface area contributed by atoms with E-state index in [0.29, 0.717) is 23.8 Å². The first-order valence-corrected chi connectivity index (χ1v) is 7.32. The summed E-state index contributed by atoms with van der Waals surface area (Å²) in [6, 6.07) is 3.49. The molecule has 1 aliphatic carbocycles. The van der Waals surface area contributed by atoms with Crippen LogP contribution in [0.4, 0.5) is 5.82 Å². The van der Waals surface area contributed by atoms with E-state index in [4.69, 9.17) is 5.84 Å². The SMILES string of the molecule is CC(C)c1cc(C(=O)N(C)CC2CC(O)C2)cc(NN)n1. The van der Waals surface area contributed by atoms with Crippen LogP contribution < -0.4 is 11.3 Å². The number of carbonyl (C=O) groups is 1. The van der Waals surface area contributed by atoms with Crippen molar-refractivity contribution < 1.29 is 9.90 Å². The van der Waals surface area contributed by atoms with Crippen LogP contribution in [0.25, 0.3) is 0 Å². The van der Waals surface area contributed by atoms with Crippen molar-refractivity contribution in [1.29, 1.82) is 0 Å². The molecule has 0 aliphatic heterocycles. The highest BCUT2D eigenvalue weighted by atomic mass is 16.3. The second kappa shape index (κ2) is 6.41. The smallest absolute Gasteiger partial charge is 0.253 e. The molecule has 6 heteroatoms. The lowest BCUT2D eigenvalue weighted by Gasteiger charge is -2.34. The van der Waals surface area contributed by atoms with Gasteiger partial charge in [0.15, 0.2) is 0 Å². The third-order valence-corrected chi connectivity index (χ3v) is 3.92. The minimum absolute atomic E-state index is 0.0443. The van der Waals surface area contributed by atoms with Gasteiger partial charge in [0.25, 0.3) is 5.91 Å². The maximum atomic E-state index is 12.5. The molecule has 1 aromatic heterocycles. The number of hydrazine groups is 1. The zero-order valence-corrected chi connectivity index (χ0v) is 12.8. The molecule has 1 fully saturated rings. The van der Waals surface area contributed by atoms with Crippen molar-refractivity contribution in [2.24, 2.45) is 11.8 Å². The highest BCUT2D eigenvalue weighted by Crippen LogP contribution is 2.28. The molecule has 4 N–H and O–H groups in total. The predicted molar refractivity (Wildman–Crippen MR) is 81.8 cm³/mol. The van der Waals surface area contributed by atoms with Crippen LogP contribution in [0.15, 0.2) is 12.1 Å². The second-order valence-electron chi connectivity index (χ2n) is 6.14. The number of pyridine rings is 1. The summed E-state index contributed by atoms with van der Waals surface area (Å²) in [6.07, 6.45) is 1.36. The number of nitrogen functional groups attached to an aromatic ring is 1. The van der Waals surface area contributed by atoms with Gasteiger partial charge in [0, 0.05) is 24.8 Å². The quantitative estimate of drug-likeness (QED) is 0.562. The molecule has 1 amide bonds. The third-order valence-electron chi connectivity index (χ3n) is 3.92. The topological polar surface area (TPSA) is 91.5 Å². The van der Waals surface area contributed by atoms with Gasteiger partial charge in [-0.2, -0.15) is 0 Å². The van der Waals surface area contributed by atoms with Crippen molar-refractivity contribution in [3.8, 4) is 0 Å². The molecular weight excluding hydrogens is 268 g/mol. The third kappa shape index (κ3) is 3.71. The highest BCUT2D eigenvalue weighted by Gasteiger charge is 2.29. The maximum absolute atomic E-state index is 12.5. The number of rotatable bonds is 5. The van der Waals surface area contributed by atoms with Crippen molar-refractivity contribution in [2.45, 2.75) is 38.7 Å². The Kier molecular flexibility index (Phi) is 4.80. The molecule has 0 aromatic carbocycles. The summed E-state index contributed by atoms with van der Waals surface area (Å²) < 4.78 is 0. The van der Waals surface area contributed by atoms with Gasteiger partial charge in [0.1, 0.15) is 5.82 Å². The number of hydrogen-bond donors (Lipinski definition) is 3. The number of nitrogens with two attached hydrogens (primary N) is 1. The van der Waals surface area contributed by atoms with Crippen LogP contribution in [0, 0.1) is 5.92 Å². The first-order valence-electron chi connectivity index (χ1n) is 7.32. The number of aromatic nitrogens is 1. The molecule has 1 aliphatic rings. The van der Waals surface area contributed by atoms with Crippen LogP contribution in [-0.2, 0) is 0 Å². The minimum Gasteiger partial charge on any atom is -0.393 e. The molecule has 0 saturated heterocycles. The number of hydrogen-bond acceptors (Lipinski definition) is 5. The van der Waals surface area contributed by atoms with Crippen LogP contribution in [0.3, 0.4) is 0 Å². The fourth-order valence-electron chi connectivity index (χ4n) is 2.59. The van der Waals surface area contributed by atoms with Gasteiger partial charge in [-0.1, -0.05) is 13.8 Å². The normalized spacial score (nSPS) is 21.0. The predicted octanol–water partition coefficient (Wildman–Crippen LogP) is 1.33. The molecule has 0 bridgehead atoms. The van der Waals surface area contributed by atoms with E-state index < -0.39 is 0 Å². The van der Waals surface area contributed by atoms with Crippen LogP contribution in [0.2, 0.25) is 0 Å². The molecular formula is C15H24N4O2.